The molecule has 3 heteroatoms. The highest BCUT2D eigenvalue weighted by Crippen LogP contribution is 2.26. The van der Waals surface area contributed by atoms with Gasteiger partial charge in [-0.1, -0.05) is 68.4 Å². The maximum Gasteiger partial charge on any atom is 0.258 e. The van der Waals surface area contributed by atoms with Gasteiger partial charge in [-0.05, 0) is 23.1 Å². The standard InChI is InChI=1S/C18H18N2O/c1-18(2,3)15-11-9-13(10-12-15)16-19-17(21-20-16)14-7-5-4-6-8-14/h4-12H,1-3H3. The molecular weight excluding hydrogens is 260 g/mol. The Morgan fingerprint density at radius 3 is 2.10 bits per heavy atom. The van der Waals surface area contributed by atoms with Crippen molar-refractivity contribution in [3.8, 4) is 22.8 Å². The van der Waals surface area contributed by atoms with Crippen molar-refractivity contribution in [3.05, 3.63) is 60.2 Å². The fourth-order valence-electron chi connectivity index (χ4n) is 2.16. The number of benzene rings is 2. The second-order valence-corrected chi connectivity index (χ2v) is 6.12. The lowest BCUT2D eigenvalue weighted by molar-refractivity contribution is 0.432. The summed E-state index contributed by atoms with van der Waals surface area (Å²) in [4.78, 5) is 4.46. The van der Waals surface area contributed by atoms with Crippen molar-refractivity contribution in [3.63, 3.8) is 0 Å². The SMILES string of the molecule is CC(C)(C)c1ccc(-c2noc(-c3ccccc3)n2)cc1. The van der Waals surface area contributed by atoms with Gasteiger partial charge in [-0.3, -0.25) is 0 Å². The molecule has 0 atom stereocenters. The number of hydrogen-bond acceptors (Lipinski definition) is 3. The molecule has 0 N–H and O–H groups in total. The Morgan fingerprint density at radius 1 is 0.810 bits per heavy atom. The summed E-state index contributed by atoms with van der Waals surface area (Å²) in [5.41, 5.74) is 3.33. The van der Waals surface area contributed by atoms with Gasteiger partial charge in [0.1, 0.15) is 0 Å². The monoisotopic (exact) mass is 278 g/mol. The van der Waals surface area contributed by atoms with Crippen LogP contribution in [0.2, 0.25) is 0 Å². The Morgan fingerprint density at radius 2 is 1.48 bits per heavy atom. The lowest BCUT2D eigenvalue weighted by Gasteiger charge is -2.18. The van der Waals surface area contributed by atoms with Gasteiger partial charge in [0.2, 0.25) is 5.82 Å². The highest BCUT2D eigenvalue weighted by Gasteiger charge is 2.15. The van der Waals surface area contributed by atoms with Crippen molar-refractivity contribution < 1.29 is 4.52 Å². The van der Waals surface area contributed by atoms with Crippen molar-refractivity contribution in [2.24, 2.45) is 0 Å². The summed E-state index contributed by atoms with van der Waals surface area (Å²) in [5, 5.41) is 4.07. The van der Waals surface area contributed by atoms with E-state index in [4.69, 9.17) is 4.52 Å². The van der Waals surface area contributed by atoms with Crippen LogP contribution in [0.5, 0.6) is 0 Å². The second-order valence-electron chi connectivity index (χ2n) is 6.12. The van der Waals surface area contributed by atoms with E-state index in [0.717, 1.165) is 11.1 Å². The normalized spacial score (nSPS) is 11.6. The van der Waals surface area contributed by atoms with E-state index < -0.39 is 0 Å². The third-order valence-corrected chi connectivity index (χ3v) is 3.46. The van der Waals surface area contributed by atoms with E-state index in [9.17, 15) is 0 Å². The van der Waals surface area contributed by atoms with Crippen molar-refractivity contribution in [2.45, 2.75) is 26.2 Å². The molecule has 3 nitrogen and oxygen atoms in total. The molecular formula is C18H18N2O. The molecule has 0 saturated carbocycles. The van der Waals surface area contributed by atoms with Crippen molar-refractivity contribution in [1.82, 2.24) is 10.1 Å². The fraction of sp³-hybridized carbons (Fsp3) is 0.222. The minimum atomic E-state index is 0.144. The first-order chi connectivity index (χ1) is 10.0. The first-order valence-electron chi connectivity index (χ1n) is 7.04. The van der Waals surface area contributed by atoms with Crippen LogP contribution in [0.25, 0.3) is 22.8 Å². The van der Waals surface area contributed by atoms with E-state index >= 15 is 0 Å². The topological polar surface area (TPSA) is 38.9 Å². The summed E-state index contributed by atoms with van der Waals surface area (Å²) in [6.07, 6.45) is 0. The van der Waals surface area contributed by atoms with E-state index in [1.165, 1.54) is 5.56 Å². The molecule has 21 heavy (non-hydrogen) atoms. The maximum atomic E-state index is 5.34. The van der Waals surface area contributed by atoms with Gasteiger partial charge in [-0.15, -0.1) is 0 Å². The molecule has 0 aliphatic carbocycles. The van der Waals surface area contributed by atoms with Crippen LogP contribution in [0.4, 0.5) is 0 Å². The first kappa shape index (κ1) is 13.6. The van der Waals surface area contributed by atoms with Crippen molar-refractivity contribution >= 4 is 0 Å². The molecule has 0 amide bonds. The third-order valence-electron chi connectivity index (χ3n) is 3.46. The Kier molecular flexibility index (Phi) is 3.34. The molecule has 0 bridgehead atoms. The Hall–Kier alpha value is -2.42. The second kappa shape index (κ2) is 5.17. The van der Waals surface area contributed by atoms with E-state index in [1.54, 1.807) is 0 Å². The summed E-state index contributed by atoms with van der Waals surface area (Å²) in [6.45, 7) is 6.59. The Labute approximate surface area is 124 Å². The zero-order valence-corrected chi connectivity index (χ0v) is 12.5. The van der Waals surface area contributed by atoms with Gasteiger partial charge in [-0.2, -0.15) is 4.98 Å². The molecule has 2 aromatic carbocycles. The number of rotatable bonds is 2. The Balaban J connectivity index is 1.90. The van der Waals surface area contributed by atoms with Crippen LogP contribution < -0.4 is 0 Å². The van der Waals surface area contributed by atoms with E-state index in [-0.39, 0.29) is 5.41 Å². The predicted molar refractivity (Wildman–Crippen MR) is 83.9 cm³/mol. The summed E-state index contributed by atoms with van der Waals surface area (Å²) in [6, 6.07) is 18.1. The lowest BCUT2D eigenvalue weighted by atomic mass is 9.87. The van der Waals surface area contributed by atoms with Crippen molar-refractivity contribution in [1.29, 1.82) is 0 Å². The molecule has 0 saturated heterocycles. The van der Waals surface area contributed by atoms with Crippen LogP contribution in [-0.4, -0.2) is 10.1 Å². The maximum absolute atomic E-state index is 5.34. The molecule has 3 rings (SSSR count). The summed E-state index contributed by atoms with van der Waals surface area (Å²) < 4.78 is 5.34. The van der Waals surface area contributed by atoms with Crippen LogP contribution in [0, 0.1) is 0 Å². The van der Waals surface area contributed by atoms with E-state index in [2.05, 4.69) is 43.0 Å². The van der Waals surface area contributed by atoms with Crippen LogP contribution in [0.3, 0.4) is 0 Å². The fourth-order valence-corrected chi connectivity index (χ4v) is 2.16. The first-order valence-corrected chi connectivity index (χ1v) is 7.04. The van der Waals surface area contributed by atoms with Crippen LogP contribution >= 0.6 is 0 Å². The smallest absolute Gasteiger partial charge is 0.258 e. The van der Waals surface area contributed by atoms with Gasteiger partial charge in [0.05, 0.1) is 0 Å². The molecule has 0 aliphatic rings. The van der Waals surface area contributed by atoms with E-state index in [0.29, 0.717) is 11.7 Å². The molecule has 106 valence electrons. The molecule has 1 aromatic heterocycles. The summed E-state index contributed by atoms with van der Waals surface area (Å²) in [7, 11) is 0. The van der Waals surface area contributed by atoms with Crippen LogP contribution in [0.15, 0.2) is 59.1 Å². The van der Waals surface area contributed by atoms with Gasteiger partial charge >= 0.3 is 0 Å². The zero-order valence-electron chi connectivity index (χ0n) is 12.5. The van der Waals surface area contributed by atoms with Gasteiger partial charge in [0, 0.05) is 11.1 Å². The van der Waals surface area contributed by atoms with Gasteiger partial charge in [-0.25, -0.2) is 0 Å². The van der Waals surface area contributed by atoms with Gasteiger partial charge in [0.25, 0.3) is 5.89 Å². The van der Waals surface area contributed by atoms with Crippen LogP contribution in [0.1, 0.15) is 26.3 Å². The van der Waals surface area contributed by atoms with Gasteiger partial charge in [0.15, 0.2) is 0 Å². The molecule has 0 spiro atoms. The quantitative estimate of drug-likeness (QED) is 0.682. The lowest BCUT2D eigenvalue weighted by Crippen LogP contribution is -2.10. The van der Waals surface area contributed by atoms with Gasteiger partial charge < -0.3 is 4.52 Å². The van der Waals surface area contributed by atoms with Crippen LogP contribution in [-0.2, 0) is 5.41 Å². The largest absolute Gasteiger partial charge is 0.334 e. The Bertz CT molecular complexity index is 722. The predicted octanol–water partition coefficient (Wildman–Crippen LogP) is 4.70. The summed E-state index contributed by atoms with van der Waals surface area (Å²) >= 11 is 0. The minimum absolute atomic E-state index is 0.144. The highest BCUT2D eigenvalue weighted by molar-refractivity contribution is 5.60. The summed E-state index contributed by atoms with van der Waals surface area (Å²) in [5.74, 6) is 1.17. The van der Waals surface area contributed by atoms with Crippen molar-refractivity contribution in [2.75, 3.05) is 0 Å². The highest BCUT2D eigenvalue weighted by atomic mass is 16.5. The number of nitrogens with zero attached hydrogens (tertiary/aromatic N) is 2. The zero-order chi connectivity index (χ0) is 14.9. The average molecular weight is 278 g/mol. The van der Waals surface area contributed by atoms with E-state index in [1.807, 2.05) is 42.5 Å². The number of aromatic nitrogens is 2. The minimum Gasteiger partial charge on any atom is -0.334 e. The average Bonchev–Trinajstić information content (AvgIpc) is 2.97. The molecule has 0 unspecified atom stereocenters. The third kappa shape index (κ3) is 2.87. The number of hydrogen-bond donors (Lipinski definition) is 0. The molecule has 0 fully saturated rings. The molecule has 0 aliphatic heterocycles. The molecule has 1 heterocycles. The molecule has 3 aromatic rings. The molecule has 0 radical (unpaired) electrons.